The van der Waals surface area contributed by atoms with E-state index in [9.17, 15) is 0 Å². The lowest BCUT2D eigenvalue weighted by molar-refractivity contribution is 0.164. The molecule has 1 saturated carbocycles. The first-order valence-electron chi connectivity index (χ1n) is 6.18. The Morgan fingerprint density at radius 3 is 3.00 bits per heavy atom. The number of benzene rings is 1. The predicted molar refractivity (Wildman–Crippen MR) is 61.4 cm³/mol. The van der Waals surface area contributed by atoms with Gasteiger partial charge in [-0.3, -0.25) is 0 Å². The minimum absolute atomic E-state index is 0.487. The molecule has 2 unspecified atom stereocenters. The maximum Gasteiger partial charge on any atom is 0.123 e. The van der Waals surface area contributed by atoms with Gasteiger partial charge in [-0.1, -0.05) is 25.5 Å². The van der Waals surface area contributed by atoms with E-state index in [2.05, 4.69) is 25.1 Å². The molecule has 0 spiro atoms. The second-order valence-corrected chi connectivity index (χ2v) is 4.77. The first kappa shape index (κ1) is 9.26. The summed E-state index contributed by atoms with van der Waals surface area (Å²) in [4.78, 5) is 0. The van der Waals surface area contributed by atoms with Gasteiger partial charge in [0.2, 0.25) is 0 Å². The second kappa shape index (κ2) is 3.55. The number of hydrogen-bond acceptors (Lipinski definition) is 1. The molecule has 1 aromatic carbocycles. The monoisotopic (exact) mass is 202 g/mol. The molecule has 0 radical (unpaired) electrons. The van der Waals surface area contributed by atoms with Gasteiger partial charge >= 0.3 is 0 Å². The van der Waals surface area contributed by atoms with Crippen molar-refractivity contribution in [1.29, 1.82) is 0 Å². The summed E-state index contributed by atoms with van der Waals surface area (Å²) in [5, 5.41) is 0. The van der Waals surface area contributed by atoms with Crippen molar-refractivity contribution in [3.63, 3.8) is 0 Å². The number of rotatable bonds is 1. The average molecular weight is 202 g/mol. The second-order valence-electron chi connectivity index (χ2n) is 4.77. The minimum atomic E-state index is 0.487. The molecule has 0 saturated heterocycles. The molecule has 15 heavy (non-hydrogen) atoms. The highest BCUT2D eigenvalue weighted by Crippen LogP contribution is 2.45. The topological polar surface area (TPSA) is 9.23 Å². The molecule has 1 aliphatic heterocycles. The molecule has 0 N–H and O–H groups in total. The number of fused-ring (bicyclic) bond motifs is 3. The predicted octanol–water partition coefficient (Wildman–Crippen LogP) is 3.67. The highest BCUT2D eigenvalue weighted by molar-refractivity contribution is 5.44. The van der Waals surface area contributed by atoms with Crippen LogP contribution < -0.4 is 4.74 Å². The maximum absolute atomic E-state index is 6.01. The van der Waals surface area contributed by atoms with Gasteiger partial charge in [-0.25, -0.2) is 0 Å². The Kier molecular flexibility index (Phi) is 2.19. The van der Waals surface area contributed by atoms with E-state index in [0.29, 0.717) is 12.0 Å². The largest absolute Gasteiger partial charge is 0.489 e. The summed E-state index contributed by atoms with van der Waals surface area (Å²) in [5.41, 5.74) is 2.93. The third kappa shape index (κ3) is 1.45. The minimum Gasteiger partial charge on any atom is -0.489 e. The number of aryl methyl sites for hydroxylation is 1. The van der Waals surface area contributed by atoms with Gasteiger partial charge in [0.1, 0.15) is 11.9 Å². The van der Waals surface area contributed by atoms with Gasteiger partial charge in [0.15, 0.2) is 0 Å². The lowest BCUT2D eigenvalue weighted by Gasteiger charge is -2.23. The van der Waals surface area contributed by atoms with E-state index in [4.69, 9.17) is 4.74 Å². The van der Waals surface area contributed by atoms with Crippen LogP contribution in [0.3, 0.4) is 0 Å². The molecule has 80 valence electrons. The fourth-order valence-electron chi connectivity index (χ4n) is 2.97. The molecule has 3 rings (SSSR count). The van der Waals surface area contributed by atoms with Crippen molar-refractivity contribution in [1.82, 2.24) is 0 Å². The van der Waals surface area contributed by atoms with Crippen LogP contribution in [0.15, 0.2) is 18.2 Å². The van der Waals surface area contributed by atoms with E-state index < -0.39 is 0 Å². The van der Waals surface area contributed by atoms with E-state index >= 15 is 0 Å². The van der Waals surface area contributed by atoms with E-state index in [1.165, 1.54) is 36.8 Å². The van der Waals surface area contributed by atoms with Crippen molar-refractivity contribution in [2.45, 2.75) is 51.0 Å². The zero-order valence-corrected chi connectivity index (χ0v) is 9.33. The van der Waals surface area contributed by atoms with Gasteiger partial charge in [0, 0.05) is 11.5 Å². The summed E-state index contributed by atoms with van der Waals surface area (Å²) in [5.74, 6) is 1.85. The van der Waals surface area contributed by atoms with E-state index in [0.717, 1.165) is 12.2 Å². The van der Waals surface area contributed by atoms with Gasteiger partial charge in [-0.05, 0) is 37.3 Å². The molecule has 0 aromatic heterocycles. The van der Waals surface area contributed by atoms with Crippen LogP contribution in [0, 0.1) is 0 Å². The van der Waals surface area contributed by atoms with Gasteiger partial charge in [0.25, 0.3) is 0 Å². The Morgan fingerprint density at radius 2 is 2.13 bits per heavy atom. The summed E-state index contributed by atoms with van der Waals surface area (Å²) in [6, 6.07) is 6.74. The van der Waals surface area contributed by atoms with Crippen LogP contribution in [0.5, 0.6) is 5.75 Å². The fourth-order valence-corrected chi connectivity index (χ4v) is 2.97. The molecule has 2 aliphatic rings. The lowest BCUT2D eigenvalue weighted by Crippen LogP contribution is -2.22. The summed E-state index contributed by atoms with van der Waals surface area (Å²) in [6.07, 6.45) is 6.91. The van der Waals surface area contributed by atoms with Crippen molar-refractivity contribution in [3.05, 3.63) is 29.3 Å². The molecule has 0 bridgehead atoms. The molecular weight excluding hydrogens is 184 g/mol. The third-order valence-electron chi connectivity index (χ3n) is 3.86. The Bertz CT molecular complexity index is 370. The molecule has 2 atom stereocenters. The van der Waals surface area contributed by atoms with Gasteiger partial charge in [0.05, 0.1) is 0 Å². The fraction of sp³-hybridized carbons (Fsp3) is 0.571. The van der Waals surface area contributed by atoms with Crippen molar-refractivity contribution in [3.8, 4) is 5.75 Å². The van der Waals surface area contributed by atoms with Crippen molar-refractivity contribution < 1.29 is 4.74 Å². The SMILES string of the molecule is CCc1ccc2c(c1)C1CCCCC1O2. The molecule has 0 amide bonds. The summed E-state index contributed by atoms with van der Waals surface area (Å²) < 4.78 is 6.01. The van der Waals surface area contributed by atoms with Crippen LogP contribution in [-0.4, -0.2) is 6.10 Å². The Labute approximate surface area is 91.5 Å². The smallest absolute Gasteiger partial charge is 0.123 e. The lowest BCUT2D eigenvalue weighted by atomic mass is 9.83. The molecular formula is C14H18O. The summed E-state index contributed by atoms with van der Waals surface area (Å²) in [6.45, 7) is 2.22. The molecule has 1 aliphatic carbocycles. The number of hydrogen-bond donors (Lipinski definition) is 0. The Balaban J connectivity index is 1.98. The summed E-state index contributed by atoms with van der Waals surface area (Å²) >= 11 is 0. The first-order valence-corrected chi connectivity index (χ1v) is 6.18. The van der Waals surface area contributed by atoms with Crippen LogP contribution in [0.4, 0.5) is 0 Å². The average Bonchev–Trinajstić information content (AvgIpc) is 2.66. The molecule has 1 heteroatoms. The Morgan fingerprint density at radius 1 is 1.27 bits per heavy atom. The standard InChI is InChI=1S/C14H18O/c1-2-10-7-8-14-12(9-10)11-5-3-4-6-13(11)15-14/h7-9,11,13H,2-6H2,1H3. The molecule has 1 heterocycles. The van der Waals surface area contributed by atoms with Crippen LogP contribution in [-0.2, 0) is 6.42 Å². The van der Waals surface area contributed by atoms with E-state index in [1.807, 2.05) is 0 Å². The number of ether oxygens (including phenoxy) is 1. The first-order chi connectivity index (χ1) is 7.38. The van der Waals surface area contributed by atoms with Crippen LogP contribution in [0.2, 0.25) is 0 Å². The highest BCUT2D eigenvalue weighted by atomic mass is 16.5. The van der Waals surface area contributed by atoms with Crippen LogP contribution in [0.1, 0.15) is 49.7 Å². The summed E-state index contributed by atoms with van der Waals surface area (Å²) in [7, 11) is 0. The molecule has 1 aromatic rings. The van der Waals surface area contributed by atoms with E-state index in [-0.39, 0.29) is 0 Å². The van der Waals surface area contributed by atoms with Gasteiger partial charge in [-0.15, -0.1) is 0 Å². The zero-order chi connectivity index (χ0) is 10.3. The zero-order valence-electron chi connectivity index (χ0n) is 9.33. The van der Waals surface area contributed by atoms with Crippen molar-refractivity contribution >= 4 is 0 Å². The van der Waals surface area contributed by atoms with Crippen molar-refractivity contribution in [2.75, 3.05) is 0 Å². The highest BCUT2D eigenvalue weighted by Gasteiger charge is 2.35. The van der Waals surface area contributed by atoms with Crippen LogP contribution in [0.25, 0.3) is 0 Å². The third-order valence-corrected chi connectivity index (χ3v) is 3.86. The van der Waals surface area contributed by atoms with Crippen LogP contribution >= 0.6 is 0 Å². The normalized spacial score (nSPS) is 28.1. The van der Waals surface area contributed by atoms with Gasteiger partial charge < -0.3 is 4.74 Å². The molecule has 1 fully saturated rings. The van der Waals surface area contributed by atoms with E-state index in [1.54, 1.807) is 0 Å². The van der Waals surface area contributed by atoms with Crippen molar-refractivity contribution in [2.24, 2.45) is 0 Å². The van der Waals surface area contributed by atoms with Gasteiger partial charge in [-0.2, -0.15) is 0 Å². The quantitative estimate of drug-likeness (QED) is 0.675. The maximum atomic E-state index is 6.01. The molecule has 1 nitrogen and oxygen atoms in total. The Hall–Kier alpha value is -0.980.